The molecule has 0 radical (unpaired) electrons. The van der Waals surface area contributed by atoms with Crippen LogP contribution in [0.25, 0.3) is 11.3 Å². The van der Waals surface area contributed by atoms with Crippen LogP contribution in [-0.2, 0) is 6.54 Å². The number of thiophene rings is 1. The summed E-state index contributed by atoms with van der Waals surface area (Å²) in [6.45, 7) is 3.69. The van der Waals surface area contributed by atoms with Gasteiger partial charge in [0.1, 0.15) is 11.4 Å². The van der Waals surface area contributed by atoms with Gasteiger partial charge < -0.3 is 5.32 Å². The lowest BCUT2D eigenvalue weighted by Crippen LogP contribution is -2.28. The first-order valence-electron chi connectivity index (χ1n) is 7.47. The Bertz CT molecular complexity index is 918. The molecule has 7 heteroatoms. The van der Waals surface area contributed by atoms with Gasteiger partial charge in [-0.1, -0.05) is 0 Å². The number of carbonyl (C=O) groups excluding carboxylic acids is 1. The van der Waals surface area contributed by atoms with Crippen molar-refractivity contribution in [3.05, 3.63) is 57.3 Å². The summed E-state index contributed by atoms with van der Waals surface area (Å²) in [5.74, 6) is -0.213. The zero-order chi connectivity index (χ0) is 17.1. The number of hydrogen-bond donors (Lipinski definition) is 1. The number of pyridine rings is 1. The van der Waals surface area contributed by atoms with Gasteiger partial charge in [-0.05, 0) is 37.4 Å². The lowest BCUT2D eigenvalue weighted by Gasteiger charge is -2.15. The van der Waals surface area contributed by atoms with Crippen molar-refractivity contribution in [1.82, 2.24) is 14.8 Å². The number of nitrogens with zero attached hydrogens (tertiary/aromatic N) is 3. The van der Waals surface area contributed by atoms with Crippen molar-refractivity contribution in [1.29, 1.82) is 0 Å². The van der Waals surface area contributed by atoms with Crippen LogP contribution in [0.4, 0.5) is 11.4 Å². The molecule has 0 fully saturated rings. The van der Waals surface area contributed by atoms with Crippen LogP contribution in [0.1, 0.15) is 24.2 Å². The SMILES string of the molecule is CCn1nc(-c2ccsc2)c(C(C)=O)c(Nc2cccnc2)c1=O. The predicted molar refractivity (Wildman–Crippen MR) is 95.0 cm³/mol. The second-order valence-electron chi connectivity index (χ2n) is 5.15. The molecule has 0 amide bonds. The van der Waals surface area contributed by atoms with Crippen LogP contribution in [0.3, 0.4) is 0 Å². The molecule has 0 unspecified atom stereocenters. The van der Waals surface area contributed by atoms with Crippen molar-refractivity contribution in [3.63, 3.8) is 0 Å². The smallest absolute Gasteiger partial charge is 0.291 e. The maximum absolute atomic E-state index is 12.7. The minimum atomic E-state index is -0.328. The fourth-order valence-corrected chi connectivity index (χ4v) is 3.07. The fraction of sp³-hybridized carbons (Fsp3) is 0.176. The van der Waals surface area contributed by atoms with E-state index in [-0.39, 0.29) is 17.0 Å². The second-order valence-corrected chi connectivity index (χ2v) is 5.93. The minimum Gasteiger partial charge on any atom is -0.349 e. The normalized spacial score (nSPS) is 10.6. The molecular weight excluding hydrogens is 324 g/mol. The molecule has 3 rings (SSSR count). The average molecular weight is 340 g/mol. The van der Waals surface area contributed by atoms with E-state index >= 15 is 0 Å². The lowest BCUT2D eigenvalue weighted by atomic mass is 10.0. The van der Waals surface area contributed by atoms with E-state index in [0.717, 1.165) is 5.56 Å². The third-order valence-corrected chi connectivity index (χ3v) is 4.22. The molecular formula is C17H16N4O2S. The number of Topliss-reactive ketones (excluding diaryl/α,β-unsaturated/α-hetero) is 1. The number of aromatic nitrogens is 3. The molecule has 0 aliphatic carbocycles. The van der Waals surface area contributed by atoms with Gasteiger partial charge in [0.15, 0.2) is 5.78 Å². The van der Waals surface area contributed by atoms with Gasteiger partial charge in [0.05, 0.1) is 17.4 Å². The van der Waals surface area contributed by atoms with Gasteiger partial charge >= 0.3 is 0 Å². The molecule has 6 nitrogen and oxygen atoms in total. The number of carbonyl (C=O) groups is 1. The Morgan fingerprint density at radius 2 is 2.21 bits per heavy atom. The van der Waals surface area contributed by atoms with Gasteiger partial charge in [0, 0.05) is 23.7 Å². The third kappa shape index (κ3) is 2.98. The number of rotatable bonds is 5. The van der Waals surface area contributed by atoms with E-state index in [1.54, 1.807) is 24.5 Å². The number of nitrogens with one attached hydrogen (secondary N) is 1. The highest BCUT2D eigenvalue weighted by atomic mass is 32.1. The van der Waals surface area contributed by atoms with E-state index in [1.807, 2.05) is 23.8 Å². The molecule has 3 aromatic rings. The summed E-state index contributed by atoms with van der Waals surface area (Å²) >= 11 is 1.51. The van der Waals surface area contributed by atoms with Crippen molar-refractivity contribution in [3.8, 4) is 11.3 Å². The van der Waals surface area contributed by atoms with E-state index < -0.39 is 0 Å². The minimum absolute atomic E-state index is 0.213. The van der Waals surface area contributed by atoms with Crippen LogP contribution < -0.4 is 10.9 Å². The second kappa shape index (κ2) is 6.76. The average Bonchev–Trinajstić information content (AvgIpc) is 3.11. The highest BCUT2D eigenvalue weighted by molar-refractivity contribution is 7.08. The van der Waals surface area contributed by atoms with Gasteiger partial charge in [0.25, 0.3) is 5.56 Å². The van der Waals surface area contributed by atoms with Gasteiger partial charge in [0.2, 0.25) is 0 Å². The number of hydrogen-bond acceptors (Lipinski definition) is 6. The van der Waals surface area contributed by atoms with Crippen LogP contribution in [0.5, 0.6) is 0 Å². The molecule has 0 aliphatic heterocycles. The highest BCUT2D eigenvalue weighted by Crippen LogP contribution is 2.28. The zero-order valence-electron chi connectivity index (χ0n) is 13.3. The first-order valence-corrected chi connectivity index (χ1v) is 8.41. The molecule has 0 saturated carbocycles. The third-order valence-electron chi connectivity index (χ3n) is 3.53. The van der Waals surface area contributed by atoms with Crippen molar-refractivity contribution in [2.75, 3.05) is 5.32 Å². The van der Waals surface area contributed by atoms with Gasteiger partial charge in [-0.2, -0.15) is 16.4 Å². The number of ketones is 1. The van der Waals surface area contributed by atoms with Crippen molar-refractivity contribution >= 4 is 28.5 Å². The van der Waals surface area contributed by atoms with E-state index in [1.165, 1.54) is 22.9 Å². The molecule has 0 aromatic carbocycles. The van der Waals surface area contributed by atoms with Crippen molar-refractivity contribution in [2.45, 2.75) is 20.4 Å². The van der Waals surface area contributed by atoms with E-state index in [0.29, 0.717) is 23.5 Å². The Kier molecular flexibility index (Phi) is 4.52. The van der Waals surface area contributed by atoms with Crippen LogP contribution in [0, 0.1) is 0 Å². The van der Waals surface area contributed by atoms with Crippen LogP contribution in [0.2, 0.25) is 0 Å². The summed E-state index contributed by atoms with van der Waals surface area (Å²) < 4.78 is 1.36. The molecule has 0 atom stereocenters. The molecule has 122 valence electrons. The molecule has 1 N–H and O–H groups in total. The Morgan fingerprint density at radius 3 is 2.79 bits per heavy atom. The standard InChI is InChI=1S/C17H16N4O2S/c1-3-21-17(23)16(19-13-5-4-7-18-9-13)14(11(2)22)15(20-21)12-6-8-24-10-12/h4-10,19H,3H2,1-2H3. The Hall–Kier alpha value is -2.80. The molecule has 3 aromatic heterocycles. The van der Waals surface area contributed by atoms with Gasteiger partial charge in [-0.3, -0.25) is 14.6 Å². The maximum atomic E-state index is 12.7. The molecule has 0 aliphatic rings. The Labute approximate surface area is 142 Å². The first-order chi connectivity index (χ1) is 11.6. The maximum Gasteiger partial charge on any atom is 0.291 e. The van der Waals surface area contributed by atoms with E-state index in [2.05, 4.69) is 15.4 Å². The highest BCUT2D eigenvalue weighted by Gasteiger charge is 2.22. The summed E-state index contributed by atoms with van der Waals surface area (Å²) in [6, 6.07) is 5.43. The number of anilines is 2. The summed E-state index contributed by atoms with van der Waals surface area (Å²) in [6.07, 6.45) is 3.25. The summed E-state index contributed by atoms with van der Waals surface area (Å²) in [5.41, 5.74) is 2.17. The first kappa shape index (κ1) is 16.1. The summed E-state index contributed by atoms with van der Waals surface area (Å²) in [7, 11) is 0. The largest absolute Gasteiger partial charge is 0.349 e. The van der Waals surface area contributed by atoms with Crippen molar-refractivity contribution in [2.24, 2.45) is 0 Å². The number of aryl methyl sites for hydroxylation is 1. The molecule has 24 heavy (non-hydrogen) atoms. The quantitative estimate of drug-likeness (QED) is 0.721. The van der Waals surface area contributed by atoms with E-state index in [4.69, 9.17) is 0 Å². The molecule has 3 heterocycles. The fourth-order valence-electron chi connectivity index (χ4n) is 2.43. The Morgan fingerprint density at radius 1 is 1.38 bits per heavy atom. The Balaban J connectivity index is 2.27. The predicted octanol–water partition coefficient (Wildman–Crippen LogP) is 3.33. The van der Waals surface area contributed by atoms with E-state index in [9.17, 15) is 9.59 Å². The monoisotopic (exact) mass is 340 g/mol. The molecule has 0 bridgehead atoms. The summed E-state index contributed by atoms with van der Waals surface area (Å²) in [4.78, 5) is 29.0. The van der Waals surface area contributed by atoms with Gasteiger partial charge in [-0.15, -0.1) is 0 Å². The van der Waals surface area contributed by atoms with Crippen LogP contribution >= 0.6 is 11.3 Å². The van der Waals surface area contributed by atoms with Crippen LogP contribution in [-0.4, -0.2) is 20.5 Å². The molecule has 0 spiro atoms. The topological polar surface area (TPSA) is 76.9 Å². The van der Waals surface area contributed by atoms with Gasteiger partial charge in [-0.25, -0.2) is 4.68 Å². The summed E-state index contributed by atoms with van der Waals surface area (Å²) in [5, 5.41) is 11.3. The van der Waals surface area contributed by atoms with Crippen molar-refractivity contribution < 1.29 is 4.79 Å². The zero-order valence-corrected chi connectivity index (χ0v) is 14.1. The molecule has 0 saturated heterocycles. The van der Waals surface area contributed by atoms with Crippen LogP contribution in [0.15, 0.2) is 46.1 Å². The lowest BCUT2D eigenvalue weighted by molar-refractivity contribution is 0.101.